The second-order valence-electron chi connectivity index (χ2n) is 10.7. The monoisotopic (exact) mass is 525 g/mol. The third kappa shape index (κ3) is 8.35. The van der Waals surface area contributed by atoms with Crippen LogP contribution in [0.2, 0.25) is 0 Å². The number of hydrogen-bond donors (Lipinski definition) is 1. The van der Waals surface area contributed by atoms with Crippen LogP contribution >= 0.6 is 11.3 Å². The first-order valence-corrected chi connectivity index (χ1v) is 13.8. The molecule has 0 radical (unpaired) electrons. The zero-order valence-electron chi connectivity index (χ0n) is 23.8. The lowest BCUT2D eigenvalue weighted by atomic mass is 9.83. The first-order valence-electron chi connectivity index (χ1n) is 13.0. The molecular formula is C27H47N3O5S. The second-order valence-corrected chi connectivity index (χ2v) is 11.6. The highest BCUT2D eigenvalue weighted by Crippen LogP contribution is 2.30. The summed E-state index contributed by atoms with van der Waals surface area (Å²) in [4.78, 5) is 46.5. The molecule has 1 heterocycles. The zero-order chi connectivity index (χ0) is 27.8. The topological polar surface area (TPSA) is 100 Å². The Kier molecular flexibility index (Phi) is 12.7. The van der Waals surface area contributed by atoms with Gasteiger partial charge >= 0.3 is 5.97 Å². The van der Waals surface area contributed by atoms with Crippen LogP contribution in [0.25, 0.3) is 0 Å². The van der Waals surface area contributed by atoms with E-state index in [1.807, 2.05) is 46.7 Å². The van der Waals surface area contributed by atoms with Crippen molar-refractivity contribution in [3.63, 3.8) is 0 Å². The molecule has 1 aromatic rings. The first-order chi connectivity index (χ1) is 16.7. The molecule has 0 aliphatic rings. The lowest BCUT2D eigenvalue weighted by molar-refractivity contribution is -0.140. The Labute approximate surface area is 221 Å². The fraction of sp³-hybridized carbons (Fsp3) is 0.778. The van der Waals surface area contributed by atoms with Crippen LogP contribution in [0.15, 0.2) is 5.38 Å². The van der Waals surface area contributed by atoms with Gasteiger partial charge in [0.15, 0.2) is 11.5 Å². The molecule has 0 aliphatic carbocycles. The van der Waals surface area contributed by atoms with E-state index in [2.05, 4.69) is 18.8 Å². The molecule has 8 nitrogen and oxygen atoms in total. The molecule has 0 aromatic carbocycles. The number of aliphatic hydroxyl groups is 1. The fourth-order valence-corrected chi connectivity index (χ4v) is 4.93. The molecule has 1 aromatic heterocycles. The van der Waals surface area contributed by atoms with E-state index in [1.54, 1.807) is 24.3 Å². The number of carbonyl (C=O) groups is 3. The zero-order valence-corrected chi connectivity index (χ0v) is 24.6. The number of aliphatic hydroxyl groups excluding tert-OH is 1. The molecule has 0 fully saturated rings. The van der Waals surface area contributed by atoms with Gasteiger partial charge in [-0.3, -0.25) is 14.5 Å². The summed E-state index contributed by atoms with van der Waals surface area (Å²) in [6, 6.07) is -0.233. The Morgan fingerprint density at radius 2 is 1.75 bits per heavy atom. The number of nitrogens with zero attached hydrogens (tertiary/aromatic N) is 3. The van der Waals surface area contributed by atoms with Gasteiger partial charge in [-0.15, -0.1) is 11.3 Å². The largest absolute Gasteiger partial charge is 0.461 e. The Hall–Kier alpha value is -1.84. The number of likely N-dealkylation sites (N-methyl/N-ethyl adjacent to an activating group) is 1. The number of amides is 1. The fourth-order valence-electron chi connectivity index (χ4n) is 4.15. The minimum Gasteiger partial charge on any atom is -0.461 e. The van der Waals surface area contributed by atoms with Gasteiger partial charge in [0.1, 0.15) is 11.1 Å². The molecule has 0 unspecified atom stereocenters. The van der Waals surface area contributed by atoms with Gasteiger partial charge in [0.2, 0.25) is 5.91 Å². The van der Waals surface area contributed by atoms with Gasteiger partial charge in [0, 0.05) is 37.2 Å². The van der Waals surface area contributed by atoms with E-state index >= 15 is 0 Å². The van der Waals surface area contributed by atoms with Gasteiger partial charge in [-0.25, -0.2) is 9.78 Å². The standard InChI is InChI=1S/C27H47N3O5S/c1-11-18(5)19(13-14-23(32)27(6,7)29(8)9)25(33)30(10)21(17(3)4)15-22(31)24-28-20(16-36-24)26(34)35-12-2/h16-19,21-22,31H,11-15H2,1-10H3/t18-,19-,21+,22+/m0/s1. The molecule has 206 valence electrons. The van der Waals surface area contributed by atoms with Crippen LogP contribution in [0.3, 0.4) is 0 Å². The number of Topliss-reactive ketones (excluding diaryl/α,β-unsaturated/α-hetero) is 1. The van der Waals surface area contributed by atoms with E-state index in [0.29, 0.717) is 24.3 Å². The Morgan fingerprint density at radius 3 is 2.25 bits per heavy atom. The maximum absolute atomic E-state index is 13.7. The van der Waals surface area contributed by atoms with Crippen LogP contribution in [0, 0.1) is 17.8 Å². The SMILES string of the molecule is CCOC(=O)c1csc([C@H](O)C[C@H](C(C)C)N(C)C(=O)[C@@H](CCC(=O)C(C)(C)N(C)C)[C@@H](C)CC)n1. The van der Waals surface area contributed by atoms with E-state index in [1.165, 1.54) is 11.3 Å². The molecule has 0 aliphatic heterocycles. The number of hydrogen-bond acceptors (Lipinski definition) is 8. The highest BCUT2D eigenvalue weighted by atomic mass is 32.1. The molecule has 0 bridgehead atoms. The van der Waals surface area contributed by atoms with Crippen molar-refractivity contribution in [1.29, 1.82) is 0 Å². The van der Waals surface area contributed by atoms with Gasteiger partial charge in [0.05, 0.1) is 12.1 Å². The molecule has 9 heteroatoms. The Balaban J connectivity index is 3.02. The van der Waals surface area contributed by atoms with Crippen LogP contribution in [-0.2, 0) is 14.3 Å². The average molecular weight is 526 g/mol. The number of esters is 1. The highest BCUT2D eigenvalue weighted by Gasteiger charge is 2.35. The summed E-state index contributed by atoms with van der Waals surface area (Å²) in [5.41, 5.74) is -0.404. The third-order valence-electron chi connectivity index (χ3n) is 7.50. The molecule has 0 saturated heterocycles. The van der Waals surface area contributed by atoms with Crippen LogP contribution < -0.4 is 0 Å². The quantitative estimate of drug-likeness (QED) is 0.335. The van der Waals surface area contributed by atoms with E-state index < -0.39 is 17.6 Å². The Bertz CT molecular complexity index is 867. The van der Waals surface area contributed by atoms with Gasteiger partial charge in [-0.1, -0.05) is 34.1 Å². The van der Waals surface area contributed by atoms with Crippen molar-refractivity contribution in [2.24, 2.45) is 17.8 Å². The van der Waals surface area contributed by atoms with Crippen LogP contribution in [0.1, 0.15) is 95.7 Å². The van der Waals surface area contributed by atoms with Gasteiger partial charge in [0.25, 0.3) is 0 Å². The normalized spacial score (nSPS) is 15.5. The summed E-state index contributed by atoms with van der Waals surface area (Å²) < 4.78 is 4.99. The molecule has 4 atom stereocenters. The Morgan fingerprint density at radius 1 is 1.14 bits per heavy atom. The van der Waals surface area contributed by atoms with Crippen molar-refractivity contribution in [2.45, 2.75) is 91.8 Å². The smallest absolute Gasteiger partial charge is 0.357 e. The number of carbonyl (C=O) groups excluding carboxylic acids is 3. The molecular weight excluding hydrogens is 478 g/mol. The van der Waals surface area contributed by atoms with E-state index in [9.17, 15) is 19.5 Å². The van der Waals surface area contributed by atoms with Crippen molar-refractivity contribution in [2.75, 3.05) is 27.7 Å². The molecule has 0 saturated carbocycles. The molecule has 36 heavy (non-hydrogen) atoms. The predicted molar refractivity (Wildman–Crippen MR) is 144 cm³/mol. The maximum atomic E-state index is 13.7. The number of ether oxygens (including phenoxy) is 1. The number of thiazole rings is 1. The molecule has 1 rings (SSSR count). The molecule has 0 spiro atoms. The van der Waals surface area contributed by atoms with E-state index in [4.69, 9.17) is 4.74 Å². The average Bonchev–Trinajstić information content (AvgIpc) is 3.32. The lowest BCUT2D eigenvalue weighted by Crippen LogP contribution is -2.47. The lowest BCUT2D eigenvalue weighted by Gasteiger charge is -2.37. The summed E-state index contributed by atoms with van der Waals surface area (Å²) in [7, 11) is 5.56. The summed E-state index contributed by atoms with van der Waals surface area (Å²) >= 11 is 1.21. The highest BCUT2D eigenvalue weighted by molar-refractivity contribution is 7.09. The van der Waals surface area contributed by atoms with Crippen LogP contribution in [0.5, 0.6) is 0 Å². The number of aromatic nitrogens is 1. The van der Waals surface area contributed by atoms with Crippen molar-refractivity contribution in [1.82, 2.24) is 14.8 Å². The van der Waals surface area contributed by atoms with Crippen molar-refractivity contribution in [3.8, 4) is 0 Å². The summed E-state index contributed by atoms with van der Waals surface area (Å²) in [6.07, 6.45) is 1.06. The van der Waals surface area contributed by atoms with Crippen LogP contribution in [0.4, 0.5) is 0 Å². The minimum atomic E-state index is -0.912. The van der Waals surface area contributed by atoms with E-state index in [0.717, 1.165) is 6.42 Å². The first kappa shape index (κ1) is 32.2. The van der Waals surface area contributed by atoms with E-state index in [-0.39, 0.29) is 47.8 Å². The second kappa shape index (κ2) is 14.2. The van der Waals surface area contributed by atoms with Crippen molar-refractivity contribution < 1.29 is 24.2 Å². The molecule has 1 amide bonds. The van der Waals surface area contributed by atoms with Crippen molar-refractivity contribution in [3.05, 3.63) is 16.1 Å². The number of rotatable bonds is 15. The maximum Gasteiger partial charge on any atom is 0.357 e. The van der Waals surface area contributed by atoms with Gasteiger partial charge in [-0.05, 0) is 53.1 Å². The summed E-state index contributed by atoms with van der Waals surface area (Å²) in [5, 5.41) is 12.9. The van der Waals surface area contributed by atoms with Crippen molar-refractivity contribution >= 4 is 29.0 Å². The molecule has 1 N–H and O–H groups in total. The minimum absolute atomic E-state index is 0.00272. The van der Waals surface area contributed by atoms with Gasteiger partial charge in [-0.2, -0.15) is 0 Å². The summed E-state index contributed by atoms with van der Waals surface area (Å²) in [5.74, 6) is -0.465. The van der Waals surface area contributed by atoms with Crippen LogP contribution in [-0.4, -0.2) is 76.9 Å². The third-order valence-corrected chi connectivity index (χ3v) is 8.45. The van der Waals surface area contributed by atoms with Gasteiger partial charge < -0.3 is 14.7 Å². The number of ketones is 1. The summed E-state index contributed by atoms with van der Waals surface area (Å²) in [6.45, 7) is 14.0. The predicted octanol–water partition coefficient (Wildman–Crippen LogP) is 4.58.